The molecule has 3 aliphatic heterocycles. The Morgan fingerprint density at radius 3 is 2.59 bits per heavy atom. The average molecular weight is 691 g/mol. The number of rotatable bonds is 8. The van der Waals surface area contributed by atoms with Gasteiger partial charge in [0.2, 0.25) is 5.91 Å². The molecule has 0 bridgehead atoms. The molecule has 3 heterocycles. The highest BCUT2D eigenvalue weighted by atomic mass is 79.9. The number of carbonyl (C=O) groups is 3. The molecule has 2 aromatic rings. The molecule has 242 valence electrons. The van der Waals surface area contributed by atoms with Crippen LogP contribution in [0.25, 0.3) is 0 Å². The van der Waals surface area contributed by atoms with Crippen LogP contribution in [0.3, 0.4) is 0 Å². The van der Waals surface area contributed by atoms with Gasteiger partial charge in [0, 0.05) is 54.4 Å². The number of carbonyl (C=O) groups excluding carboxylic acids is 2. The van der Waals surface area contributed by atoms with E-state index in [0.29, 0.717) is 74.6 Å². The van der Waals surface area contributed by atoms with E-state index in [2.05, 4.69) is 15.9 Å². The van der Waals surface area contributed by atoms with Gasteiger partial charge < -0.3 is 30.0 Å². The Morgan fingerprint density at radius 1 is 1.09 bits per heavy atom. The van der Waals surface area contributed by atoms with Gasteiger partial charge in [-0.2, -0.15) is 0 Å². The summed E-state index contributed by atoms with van der Waals surface area (Å²) in [5.41, 5.74) is 4.20. The number of amidine groups is 1. The molecule has 2 fully saturated rings. The third kappa shape index (κ3) is 6.21. The third-order valence-corrected chi connectivity index (χ3v) is 10.7. The lowest BCUT2D eigenvalue weighted by Crippen LogP contribution is -2.50. The summed E-state index contributed by atoms with van der Waals surface area (Å²) < 4.78 is 7.60. The summed E-state index contributed by atoms with van der Waals surface area (Å²) in [6.07, 6.45) is 6.64. The molecule has 4 aliphatic rings. The molecule has 1 aliphatic carbocycles. The molecule has 3 N–H and O–H groups in total. The van der Waals surface area contributed by atoms with Crippen molar-refractivity contribution >= 4 is 45.8 Å². The molecule has 0 spiro atoms. The number of hydrogen-bond acceptors (Lipinski definition) is 6. The van der Waals surface area contributed by atoms with Gasteiger partial charge in [0.1, 0.15) is 17.7 Å². The smallest absolute Gasteiger partial charge is 0.307 e. The van der Waals surface area contributed by atoms with Gasteiger partial charge in [-0.05, 0) is 67.2 Å². The van der Waals surface area contributed by atoms with E-state index < -0.39 is 23.8 Å². The fraction of sp³-hybridized carbons (Fsp3) is 0.457. The van der Waals surface area contributed by atoms with Gasteiger partial charge in [0.25, 0.3) is 5.91 Å². The van der Waals surface area contributed by atoms with Crippen molar-refractivity contribution < 1.29 is 24.2 Å². The highest BCUT2D eigenvalue weighted by molar-refractivity contribution is 9.10. The van der Waals surface area contributed by atoms with E-state index in [0.717, 1.165) is 34.0 Å². The van der Waals surface area contributed by atoms with E-state index in [4.69, 9.17) is 15.6 Å². The summed E-state index contributed by atoms with van der Waals surface area (Å²) in [7, 11) is 0. The molecule has 0 aromatic heterocycles. The van der Waals surface area contributed by atoms with Crippen LogP contribution in [0.1, 0.15) is 72.1 Å². The van der Waals surface area contributed by atoms with Crippen molar-refractivity contribution in [2.75, 3.05) is 26.2 Å². The monoisotopic (exact) mass is 689 g/mol. The van der Waals surface area contributed by atoms with Crippen molar-refractivity contribution in [1.82, 2.24) is 14.7 Å². The molecule has 4 unspecified atom stereocenters. The molecule has 6 rings (SSSR count). The maximum atomic E-state index is 14.4. The zero-order valence-electron chi connectivity index (χ0n) is 26.0. The quantitative estimate of drug-likeness (QED) is 0.249. The number of carboxylic acids is 1. The summed E-state index contributed by atoms with van der Waals surface area (Å²) in [6.45, 7) is 4.08. The molecule has 10 nitrogen and oxygen atoms in total. The van der Waals surface area contributed by atoms with E-state index in [1.165, 1.54) is 6.21 Å². The molecule has 2 amide bonds. The van der Waals surface area contributed by atoms with E-state index >= 15 is 0 Å². The Bertz CT molecular complexity index is 1610. The number of nitrogens with one attached hydrogen (secondary N) is 2. The Morgan fingerprint density at radius 2 is 1.85 bits per heavy atom. The first kappa shape index (κ1) is 32.0. The standard InChI is InChI=1S/C35H40BrN5O5/c1-21(17-37)16-31(38)39-14-12-23(19-39)46-30-11-10-28(36)27-13-15-41(34(43)25-8-4-5-9-26(25)35(44)45)29(32(27)30)20-40-18-22-6-2-3-7-24(22)33(40)42/h2-3,6-7,10-11,16-17,23,25-26,29,37-38H,4-5,8-9,12-15,18-20H2,1H3,(H,44,45)/b21-16-,37-17?,38-31?. The average Bonchev–Trinajstić information content (AvgIpc) is 3.66. The molecule has 11 heteroatoms. The summed E-state index contributed by atoms with van der Waals surface area (Å²) in [6, 6.07) is 10.9. The highest BCUT2D eigenvalue weighted by Crippen LogP contribution is 2.44. The number of amides is 2. The maximum absolute atomic E-state index is 14.4. The third-order valence-electron chi connectivity index (χ3n) is 9.92. The van der Waals surface area contributed by atoms with Gasteiger partial charge in [0.15, 0.2) is 0 Å². The fourth-order valence-corrected chi connectivity index (χ4v) is 8.06. The van der Waals surface area contributed by atoms with Gasteiger partial charge in [-0.3, -0.25) is 19.8 Å². The first-order chi connectivity index (χ1) is 22.2. The molecule has 4 atom stereocenters. The molecule has 0 radical (unpaired) electrons. The number of hydrogen-bond donors (Lipinski definition) is 3. The number of allylic oxidation sites excluding steroid dienone is 1. The summed E-state index contributed by atoms with van der Waals surface area (Å²) in [4.78, 5) is 45.8. The predicted octanol–water partition coefficient (Wildman–Crippen LogP) is 5.45. The van der Waals surface area contributed by atoms with Crippen LogP contribution in [0.5, 0.6) is 5.75 Å². The molecular weight excluding hydrogens is 650 g/mol. The molecular formula is C35H40BrN5O5. The topological polar surface area (TPSA) is 138 Å². The van der Waals surface area contributed by atoms with Crippen LogP contribution in [-0.2, 0) is 22.6 Å². The van der Waals surface area contributed by atoms with Crippen LogP contribution in [0.15, 0.2) is 52.5 Å². The first-order valence-electron chi connectivity index (χ1n) is 16.1. The number of fused-ring (bicyclic) bond motifs is 2. The second kappa shape index (κ2) is 13.4. The van der Waals surface area contributed by atoms with Crippen LogP contribution < -0.4 is 4.74 Å². The minimum atomic E-state index is -0.925. The summed E-state index contributed by atoms with van der Waals surface area (Å²) in [5.74, 6) is -1.50. The number of benzene rings is 2. The van der Waals surface area contributed by atoms with Crippen molar-refractivity contribution in [3.63, 3.8) is 0 Å². The molecule has 46 heavy (non-hydrogen) atoms. The van der Waals surface area contributed by atoms with Crippen molar-refractivity contribution in [2.45, 2.75) is 64.1 Å². The van der Waals surface area contributed by atoms with E-state index in [-0.39, 0.29) is 24.5 Å². The lowest BCUT2D eigenvalue weighted by molar-refractivity contribution is -0.153. The Labute approximate surface area is 277 Å². The van der Waals surface area contributed by atoms with Crippen LogP contribution in [-0.4, -0.2) is 81.9 Å². The van der Waals surface area contributed by atoms with Gasteiger partial charge in [-0.1, -0.05) is 47.0 Å². The number of halogens is 1. The largest absolute Gasteiger partial charge is 0.488 e. The van der Waals surface area contributed by atoms with Gasteiger partial charge in [0.05, 0.1) is 24.4 Å². The minimum Gasteiger partial charge on any atom is -0.488 e. The lowest BCUT2D eigenvalue weighted by Gasteiger charge is -2.43. The normalized spacial score (nSPS) is 24.4. The zero-order chi connectivity index (χ0) is 32.5. The lowest BCUT2D eigenvalue weighted by atomic mass is 9.77. The number of ether oxygens (including phenoxy) is 1. The molecule has 1 saturated heterocycles. The first-order valence-corrected chi connectivity index (χ1v) is 16.9. The number of likely N-dealkylation sites (tertiary alicyclic amines) is 1. The number of nitrogens with zero attached hydrogens (tertiary/aromatic N) is 3. The van der Waals surface area contributed by atoms with Gasteiger partial charge in [-0.25, -0.2) is 0 Å². The second-order valence-corrected chi connectivity index (χ2v) is 13.7. The molecule has 1 saturated carbocycles. The van der Waals surface area contributed by atoms with Gasteiger partial charge in [-0.15, -0.1) is 0 Å². The second-order valence-electron chi connectivity index (χ2n) is 12.8. The Balaban J connectivity index is 1.34. The number of aliphatic carboxylic acids is 1. The fourth-order valence-electron chi connectivity index (χ4n) is 7.51. The minimum absolute atomic E-state index is 0.0770. The van der Waals surface area contributed by atoms with Crippen LogP contribution >= 0.6 is 15.9 Å². The van der Waals surface area contributed by atoms with Gasteiger partial charge >= 0.3 is 5.97 Å². The van der Waals surface area contributed by atoms with E-state index in [9.17, 15) is 19.5 Å². The Kier molecular flexibility index (Phi) is 9.31. The summed E-state index contributed by atoms with van der Waals surface area (Å²) >= 11 is 3.75. The van der Waals surface area contributed by atoms with E-state index in [1.54, 1.807) is 17.9 Å². The van der Waals surface area contributed by atoms with Crippen molar-refractivity contribution in [2.24, 2.45) is 11.8 Å². The highest BCUT2D eigenvalue weighted by Gasteiger charge is 2.44. The SMILES string of the molecule is C/C(C=N)=C/C(=N)N1CCC(Oc2ccc(Br)c3c2C(CN2Cc4ccccc4C2=O)N(C(=O)C2CCCCC2C(=O)O)CC3)C1. The van der Waals surface area contributed by atoms with Crippen LogP contribution in [0, 0.1) is 22.7 Å². The van der Waals surface area contributed by atoms with Crippen molar-refractivity contribution in [3.8, 4) is 5.75 Å². The molecule has 2 aromatic carbocycles. The predicted molar refractivity (Wildman–Crippen MR) is 177 cm³/mol. The number of carboxylic acid groups (broad SMARTS) is 1. The van der Waals surface area contributed by atoms with Crippen molar-refractivity contribution in [3.05, 3.63) is 74.8 Å². The van der Waals surface area contributed by atoms with E-state index in [1.807, 2.05) is 46.2 Å². The van der Waals surface area contributed by atoms with Crippen molar-refractivity contribution in [1.29, 1.82) is 10.8 Å². The van der Waals surface area contributed by atoms with Crippen LogP contribution in [0.4, 0.5) is 0 Å². The maximum Gasteiger partial charge on any atom is 0.307 e. The van der Waals surface area contributed by atoms with Crippen LogP contribution in [0.2, 0.25) is 0 Å². The Hall–Kier alpha value is -3.99. The summed E-state index contributed by atoms with van der Waals surface area (Å²) in [5, 5.41) is 25.9. The zero-order valence-corrected chi connectivity index (χ0v) is 27.6.